The first-order chi connectivity index (χ1) is 7.29. The van der Waals surface area contributed by atoms with Gasteiger partial charge in [0, 0.05) is 12.1 Å². The highest BCUT2D eigenvalue weighted by Gasteiger charge is 2.13. The van der Waals surface area contributed by atoms with Crippen LogP contribution in [0.15, 0.2) is 18.2 Å². The van der Waals surface area contributed by atoms with Gasteiger partial charge in [0.1, 0.15) is 5.82 Å². The van der Waals surface area contributed by atoms with Gasteiger partial charge in [0.25, 0.3) is 5.91 Å². The largest absolute Gasteiger partial charge is 0.396 e. The van der Waals surface area contributed by atoms with Crippen molar-refractivity contribution in [2.75, 3.05) is 12.3 Å². The number of anilines is 1. The summed E-state index contributed by atoms with van der Waals surface area (Å²) in [4.78, 5) is 11.6. The van der Waals surface area contributed by atoms with E-state index in [1.54, 1.807) is 0 Å². The number of nitrogens with two attached hydrogens (primary N) is 1. The van der Waals surface area contributed by atoms with Crippen LogP contribution < -0.4 is 11.1 Å². The molecule has 1 aromatic rings. The Morgan fingerprint density at radius 3 is 2.56 bits per heavy atom. The number of halogens is 1. The minimum Gasteiger partial charge on any atom is -0.396 e. The molecule has 16 heavy (non-hydrogen) atoms. The zero-order valence-corrected chi connectivity index (χ0v) is 9.80. The second-order valence-electron chi connectivity index (χ2n) is 4.98. The lowest BCUT2D eigenvalue weighted by Crippen LogP contribution is -2.32. The lowest BCUT2D eigenvalue weighted by atomic mass is 9.97. The second-order valence-corrected chi connectivity index (χ2v) is 4.98. The lowest BCUT2D eigenvalue weighted by molar-refractivity contribution is 0.0939. The molecule has 0 saturated carbocycles. The van der Waals surface area contributed by atoms with Crippen molar-refractivity contribution in [1.29, 1.82) is 0 Å². The Kier molecular flexibility index (Phi) is 3.52. The van der Waals surface area contributed by atoms with Gasteiger partial charge in [0.15, 0.2) is 0 Å². The Bertz CT molecular complexity index is 396. The van der Waals surface area contributed by atoms with Crippen molar-refractivity contribution in [2.45, 2.75) is 20.8 Å². The van der Waals surface area contributed by atoms with E-state index in [1.165, 1.54) is 12.1 Å². The van der Waals surface area contributed by atoms with E-state index >= 15 is 0 Å². The Morgan fingerprint density at radius 1 is 1.44 bits per heavy atom. The van der Waals surface area contributed by atoms with Crippen LogP contribution in [-0.2, 0) is 0 Å². The van der Waals surface area contributed by atoms with E-state index in [0.29, 0.717) is 6.54 Å². The molecule has 3 N–H and O–H groups in total. The van der Waals surface area contributed by atoms with Gasteiger partial charge in [-0.05, 0) is 23.6 Å². The van der Waals surface area contributed by atoms with Gasteiger partial charge in [-0.1, -0.05) is 20.8 Å². The highest BCUT2D eigenvalue weighted by atomic mass is 19.1. The van der Waals surface area contributed by atoms with E-state index in [4.69, 9.17) is 5.73 Å². The van der Waals surface area contributed by atoms with Gasteiger partial charge in [0.2, 0.25) is 0 Å². The highest BCUT2D eigenvalue weighted by molar-refractivity contribution is 5.94. The molecule has 0 fully saturated rings. The number of nitrogen functional groups attached to an aromatic ring is 1. The van der Waals surface area contributed by atoms with Gasteiger partial charge in [-0.25, -0.2) is 4.39 Å². The average Bonchev–Trinajstić information content (AvgIpc) is 2.17. The molecule has 0 aliphatic carbocycles. The standard InChI is InChI=1S/C12H17FN2O/c1-12(2,3)7-15-11(16)8-4-5-10(14)9(13)6-8/h4-6H,7,14H2,1-3H3,(H,15,16). The van der Waals surface area contributed by atoms with Gasteiger partial charge in [-0.15, -0.1) is 0 Å². The number of hydrogen-bond acceptors (Lipinski definition) is 2. The van der Waals surface area contributed by atoms with Crippen LogP contribution in [0.3, 0.4) is 0 Å². The van der Waals surface area contributed by atoms with Crippen LogP contribution in [-0.4, -0.2) is 12.5 Å². The monoisotopic (exact) mass is 224 g/mol. The number of nitrogens with one attached hydrogen (secondary N) is 1. The van der Waals surface area contributed by atoms with E-state index in [1.807, 2.05) is 20.8 Å². The molecule has 88 valence electrons. The van der Waals surface area contributed by atoms with E-state index in [-0.39, 0.29) is 22.6 Å². The van der Waals surface area contributed by atoms with Gasteiger partial charge >= 0.3 is 0 Å². The first-order valence-corrected chi connectivity index (χ1v) is 5.13. The molecule has 1 rings (SSSR count). The third-order valence-electron chi connectivity index (χ3n) is 2.04. The summed E-state index contributed by atoms with van der Waals surface area (Å²) in [6, 6.07) is 4.05. The Morgan fingerprint density at radius 2 is 2.06 bits per heavy atom. The van der Waals surface area contributed by atoms with Crippen molar-refractivity contribution in [3.05, 3.63) is 29.6 Å². The number of rotatable bonds is 2. The molecule has 0 heterocycles. The van der Waals surface area contributed by atoms with E-state index in [2.05, 4.69) is 5.32 Å². The zero-order chi connectivity index (χ0) is 12.3. The van der Waals surface area contributed by atoms with Crippen LogP contribution in [0.5, 0.6) is 0 Å². The molecule has 0 spiro atoms. The summed E-state index contributed by atoms with van der Waals surface area (Å²) in [7, 11) is 0. The molecular formula is C12H17FN2O. The van der Waals surface area contributed by atoms with Crippen LogP contribution >= 0.6 is 0 Å². The topological polar surface area (TPSA) is 55.1 Å². The number of carbonyl (C=O) groups is 1. The predicted molar refractivity (Wildman–Crippen MR) is 62.6 cm³/mol. The molecule has 4 heteroatoms. The molecule has 0 bridgehead atoms. The summed E-state index contributed by atoms with van der Waals surface area (Å²) in [5, 5.41) is 2.74. The van der Waals surface area contributed by atoms with Crippen molar-refractivity contribution in [2.24, 2.45) is 5.41 Å². The number of hydrogen-bond donors (Lipinski definition) is 2. The van der Waals surface area contributed by atoms with Crippen molar-refractivity contribution in [1.82, 2.24) is 5.32 Å². The maximum Gasteiger partial charge on any atom is 0.251 e. The first-order valence-electron chi connectivity index (χ1n) is 5.13. The van der Waals surface area contributed by atoms with Crippen LogP contribution in [0.4, 0.5) is 10.1 Å². The third kappa shape index (κ3) is 3.53. The maximum absolute atomic E-state index is 13.1. The Balaban J connectivity index is 2.70. The summed E-state index contributed by atoms with van der Waals surface area (Å²) in [6.45, 7) is 6.57. The number of carbonyl (C=O) groups excluding carboxylic acids is 1. The molecule has 3 nitrogen and oxygen atoms in total. The summed E-state index contributed by atoms with van der Waals surface area (Å²) in [5.74, 6) is -0.850. The Labute approximate surface area is 94.8 Å². The molecule has 0 saturated heterocycles. The van der Waals surface area contributed by atoms with Crippen molar-refractivity contribution in [3.63, 3.8) is 0 Å². The average molecular weight is 224 g/mol. The maximum atomic E-state index is 13.1. The summed E-state index contributed by atoms with van der Waals surface area (Å²) >= 11 is 0. The fourth-order valence-corrected chi connectivity index (χ4v) is 1.12. The van der Waals surface area contributed by atoms with Crippen molar-refractivity contribution < 1.29 is 9.18 Å². The third-order valence-corrected chi connectivity index (χ3v) is 2.04. The Hall–Kier alpha value is -1.58. The molecule has 0 aromatic heterocycles. The molecule has 0 unspecified atom stereocenters. The first kappa shape index (κ1) is 12.5. The number of benzene rings is 1. The zero-order valence-electron chi connectivity index (χ0n) is 9.80. The highest BCUT2D eigenvalue weighted by Crippen LogP contribution is 2.13. The van der Waals surface area contributed by atoms with E-state index < -0.39 is 5.82 Å². The molecule has 1 amide bonds. The summed E-state index contributed by atoms with van der Waals surface area (Å²) in [5.41, 5.74) is 5.66. The molecular weight excluding hydrogens is 207 g/mol. The quantitative estimate of drug-likeness (QED) is 0.756. The van der Waals surface area contributed by atoms with Crippen LogP contribution in [0.25, 0.3) is 0 Å². The van der Waals surface area contributed by atoms with Crippen LogP contribution in [0.2, 0.25) is 0 Å². The van der Waals surface area contributed by atoms with E-state index in [0.717, 1.165) is 6.07 Å². The molecule has 0 radical (unpaired) electrons. The lowest BCUT2D eigenvalue weighted by Gasteiger charge is -2.18. The smallest absolute Gasteiger partial charge is 0.251 e. The summed E-state index contributed by atoms with van der Waals surface area (Å²) in [6.07, 6.45) is 0. The second kappa shape index (κ2) is 4.51. The van der Waals surface area contributed by atoms with Gasteiger partial charge in [-0.3, -0.25) is 4.79 Å². The van der Waals surface area contributed by atoms with Gasteiger partial charge in [0.05, 0.1) is 5.69 Å². The SMILES string of the molecule is CC(C)(C)CNC(=O)c1ccc(N)c(F)c1. The van der Waals surface area contributed by atoms with Gasteiger partial charge in [-0.2, -0.15) is 0 Å². The van der Waals surface area contributed by atoms with Crippen molar-refractivity contribution in [3.8, 4) is 0 Å². The molecule has 0 atom stereocenters. The fourth-order valence-electron chi connectivity index (χ4n) is 1.12. The van der Waals surface area contributed by atoms with E-state index in [9.17, 15) is 9.18 Å². The summed E-state index contributed by atoms with van der Waals surface area (Å²) < 4.78 is 13.1. The van der Waals surface area contributed by atoms with Gasteiger partial charge < -0.3 is 11.1 Å². The number of amides is 1. The predicted octanol–water partition coefficient (Wildman–Crippen LogP) is 2.18. The minimum absolute atomic E-state index is 0.00200. The van der Waals surface area contributed by atoms with Crippen molar-refractivity contribution >= 4 is 11.6 Å². The minimum atomic E-state index is -0.566. The fraction of sp³-hybridized carbons (Fsp3) is 0.417. The molecule has 1 aromatic carbocycles. The normalized spacial score (nSPS) is 11.2. The van der Waals surface area contributed by atoms with Crippen LogP contribution in [0, 0.1) is 11.2 Å². The molecule has 0 aliphatic heterocycles. The van der Waals surface area contributed by atoms with Crippen LogP contribution in [0.1, 0.15) is 31.1 Å². The molecule has 0 aliphatic rings.